The molecule has 0 saturated carbocycles. The first-order valence-corrected chi connectivity index (χ1v) is 9.65. The lowest BCUT2D eigenvalue weighted by atomic mass is 10.4. The van der Waals surface area contributed by atoms with Gasteiger partial charge in [-0.1, -0.05) is 0 Å². The highest BCUT2D eigenvalue weighted by molar-refractivity contribution is 4.65. The van der Waals surface area contributed by atoms with Crippen LogP contribution in [0.1, 0.15) is 0 Å². The van der Waals surface area contributed by atoms with E-state index in [1.54, 1.807) is 0 Å². The van der Waals surface area contributed by atoms with Gasteiger partial charge in [0.2, 0.25) is 0 Å². The van der Waals surface area contributed by atoms with E-state index < -0.39 is 0 Å². The van der Waals surface area contributed by atoms with Gasteiger partial charge in [0.1, 0.15) is 0 Å². The summed E-state index contributed by atoms with van der Waals surface area (Å²) in [4.78, 5) is 4.66. The molecule has 1 saturated heterocycles. The number of nitrogens with zero attached hydrogens (tertiary/aromatic N) is 2. The second kappa shape index (κ2) is 20.0. The molecule has 1 fully saturated rings. The predicted molar refractivity (Wildman–Crippen MR) is 108 cm³/mol. The van der Waals surface area contributed by atoms with Crippen molar-refractivity contribution < 1.29 is 0 Å². The lowest BCUT2D eigenvalue weighted by Crippen LogP contribution is -2.42. The fourth-order valence-electron chi connectivity index (χ4n) is 2.28. The van der Waals surface area contributed by atoms with Gasteiger partial charge in [-0.05, 0) is 0 Å². The van der Waals surface area contributed by atoms with Crippen LogP contribution < -0.4 is 38.9 Å². The van der Waals surface area contributed by atoms with E-state index in [-0.39, 0.29) is 0 Å². The molecule has 0 atom stereocenters. The third-order valence-corrected chi connectivity index (χ3v) is 3.72. The minimum atomic E-state index is 0.681. The van der Waals surface area contributed by atoms with Crippen molar-refractivity contribution in [3.63, 3.8) is 0 Å². The lowest BCUT2D eigenvalue weighted by Gasteiger charge is -2.23. The van der Waals surface area contributed by atoms with Crippen LogP contribution in [-0.4, -0.2) is 115 Å². The Kier molecular flexibility index (Phi) is 19.7. The van der Waals surface area contributed by atoms with Crippen molar-refractivity contribution in [2.45, 2.75) is 0 Å². The number of hydrogen-bond acceptors (Lipinski definition) is 9. The quantitative estimate of drug-likeness (QED) is 0.102. The highest BCUT2D eigenvalue weighted by Crippen LogP contribution is 1.86. The van der Waals surface area contributed by atoms with E-state index in [1.807, 2.05) is 0 Å². The van der Waals surface area contributed by atoms with E-state index in [4.69, 9.17) is 22.9 Å². The molecule has 9 nitrogen and oxygen atoms in total. The van der Waals surface area contributed by atoms with E-state index in [0.29, 0.717) is 26.2 Å². The van der Waals surface area contributed by atoms with Crippen LogP contribution in [0.15, 0.2) is 0 Å². The zero-order chi connectivity index (χ0) is 18.6. The molecule has 0 aliphatic carbocycles. The number of nitrogens with one attached hydrogen (secondary N) is 3. The summed E-state index contributed by atoms with van der Waals surface area (Å²) in [5.74, 6) is 0. The molecule has 11 N–H and O–H groups in total. The van der Waals surface area contributed by atoms with Crippen molar-refractivity contribution in [1.82, 2.24) is 25.8 Å². The maximum absolute atomic E-state index is 5.66. The molecule has 0 spiro atoms. The summed E-state index contributed by atoms with van der Waals surface area (Å²) >= 11 is 0. The SMILES string of the molecule is C1CN1.NCCNCCN(CCN)CCNCCN(CCN)CCN. The maximum atomic E-state index is 5.66. The van der Waals surface area contributed by atoms with Crippen LogP contribution in [0.25, 0.3) is 0 Å². The second-order valence-corrected chi connectivity index (χ2v) is 6.09. The molecule has 0 unspecified atom stereocenters. The van der Waals surface area contributed by atoms with E-state index in [9.17, 15) is 0 Å². The molecule has 1 aliphatic heterocycles. The van der Waals surface area contributed by atoms with Gasteiger partial charge in [-0.25, -0.2) is 0 Å². The minimum Gasteiger partial charge on any atom is -0.329 e. The summed E-state index contributed by atoms with van der Waals surface area (Å²) in [6.45, 7) is 14.7. The van der Waals surface area contributed by atoms with Crippen LogP contribution in [0.3, 0.4) is 0 Å². The topological polar surface area (TPSA) is 157 Å². The molecule has 0 aromatic carbocycles. The predicted octanol–water partition coefficient (Wildman–Crippen LogP) is -3.81. The van der Waals surface area contributed by atoms with Gasteiger partial charge in [-0.15, -0.1) is 0 Å². The van der Waals surface area contributed by atoms with Crippen LogP contribution >= 0.6 is 0 Å². The minimum absolute atomic E-state index is 0.681. The molecule has 0 radical (unpaired) electrons. The smallest absolute Gasteiger partial charge is 0.0108 e. The summed E-state index contributed by atoms with van der Waals surface area (Å²) in [6, 6.07) is 0. The normalized spacial score (nSPS) is 13.2. The second-order valence-electron chi connectivity index (χ2n) is 6.09. The van der Waals surface area contributed by atoms with Crippen LogP contribution in [0.5, 0.6) is 0 Å². The summed E-state index contributed by atoms with van der Waals surface area (Å²) in [5, 5.41) is 9.79. The molecule has 0 aromatic heterocycles. The summed E-state index contributed by atoms with van der Waals surface area (Å²) in [7, 11) is 0. The zero-order valence-electron chi connectivity index (χ0n) is 16.0. The van der Waals surface area contributed by atoms with Crippen molar-refractivity contribution in [2.24, 2.45) is 22.9 Å². The fraction of sp³-hybridized carbons (Fsp3) is 1.00. The molecule has 1 aliphatic rings. The molecule has 152 valence electrons. The van der Waals surface area contributed by atoms with Gasteiger partial charge in [0, 0.05) is 105 Å². The average molecular weight is 362 g/mol. The van der Waals surface area contributed by atoms with Crippen molar-refractivity contribution in [3.8, 4) is 0 Å². The Balaban J connectivity index is 0.00000171. The first-order valence-electron chi connectivity index (χ1n) is 9.65. The van der Waals surface area contributed by atoms with Gasteiger partial charge in [0.05, 0.1) is 0 Å². The molecule has 9 heteroatoms. The highest BCUT2D eigenvalue weighted by atomic mass is 15.2. The first kappa shape index (κ1) is 24.6. The van der Waals surface area contributed by atoms with Crippen molar-refractivity contribution in [1.29, 1.82) is 0 Å². The Morgan fingerprint density at radius 3 is 1.24 bits per heavy atom. The number of nitrogens with two attached hydrogens (primary N) is 4. The fourth-order valence-corrected chi connectivity index (χ4v) is 2.28. The highest BCUT2D eigenvalue weighted by Gasteiger charge is 2.04. The van der Waals surface area contributed by atoms with E-state index in [0.717, 1.165) is 65.4 Å². The average Bonchev–Trinajstić information content (AvgIpc) is 3.47. The molecule has 0 bridgehead atoms. The Bertz CT molecular complexity index is 245. The lowest BCUT2D eigenvalue weighted by molar-refractivity contribution is 0.266. The van der Waals surface area contributed by atoms with Crippen molar-refractivity contribution >= 4 is 0 Å². The monoisotopic (exact) mass is 361 g/mol. The van der Waals surface area contributed by atoms with Gasteiger partial charge in [-0.3, -0.25) is 9.80 Å². The Morgan fingerprint density at radius 2 is 0.920 bits per heavy atom. The van der Waals surface area contributed by atoms with Crippen molar-refractivity contribution in [2.75, 3.05) is 105 Å². The van der Waals surface area contributed by atoms with Crippen LogP contribution in [0.2, 0.25) is 0 Å². The van der Waals surface area contributed by atoms with Gasteiger partial charge in [0.25, 0.3) is 0 Å². The largest absolute Gasteiger partial charge is 0.329 e. The molecular formula is C16H43N9. The first-order chi connectivity index (χ1) is 12.3. The van der Waals surface area contributed by atoms with Crippen LogP contribution in [0.4, 0.5) is 0 Å². The third-order valence-electron chi connectivity index (χ3n) is 3.72. The molecule has 0 aromatic rings. The van der Waals surface area contributed by atoms with E-state index >= 15 is 0 Å². The zero-order valence-corrected chi connectivity index (χ0v) is 16.0. The third kappa shape index (κ3) is 19.8. The molecule has 1 heterocycles. The van der Waals surface area contributed by atoms with Crippen molar-refractivity contribution in [3.05, 3.63) is 0 Å². The number of rotatable bonds is 17. The molecule has 1 rings (SSSR count). The Hall–Kier alpha value is -0.360. The van der Waals surface area contributed by atoms with E-state index in [1.165, 1.54) is 13.1 Å². The molecule has 25 heavy (non-hydrogen) atoms. The number of hydrogen-bond donors (Lipinski definition) is 7. The maximum Gasteiger partial charge on any atom is 0.0108 e. The van der Waals surface area contributed by atoms with Gasteiger partial charge in [0.15, 0.2) is 0 Å². The summed E-state index contributed by atoms with van der Waals surface area (Å²) in [5.41, 5.74) is 22.3. The van der Waals surface area contributed by atoms with Crippen LogP contribution in [0, 0.1) is 0 Å². The summed E-state index contributed by atoms with van der Waals surface area (Å²) in [6.07, 6.45) is 0. The standard InChI is InChI=1S/C14H38N8.C2H5N/c15-1-5-19-6-13-22(11-4-18)14-8-20-7-12-21(9-2-16)10-3-17;1-2-3-1/h19-20H,1-18H2;3H,1-2H2. The van der Waals surface area contributed by atoms with Crippen LogP contribution in [-0.2, 0) is 0 Å². The Morgan fingerprint density at radius 1 is 0.560 bits per heavy atom. The Labute approximate surface area is 154 Å². The molecule has 0 amide bonds. The van der Waals surface area contributed by atoms with Gasteiger partial charge < -0.3 is 38.9 Å². The van der Waals surface area contributed by atoms with Gasteiger partial charge in [-0.2, -0.15) is 0 Å². The molecular weight excluding hydrogens is 318 g/mol. The van der Waals surface area contributed by atoms with E-state index in [2.05, 4.69) is 25.8 Å². The summed E-state index contributed by atoms with van der Waals surface area (Å²) < 4.78 is 0. The van der Waals surface area contributed by atoms with Gasteiger partial charge >= 0.3 is 0 Å².